The molecule has 1 saturated heterocycles. The third-order valence-electron chi connectivity index (χ3n) is 6.26. The van der Waals surface area contributed by atoms with Gasteiger partial charge in [-0.25, -0.2) is 4.98 Å². The maximum Gasteiger partial charge on any atom is 0.234 e. The van der Waals surface area contributed by atoms with Gasteiger partial charge in [-0.2, -0.15) is 0 Å². The molecule has 1 fully saturated rings. The highest BCUT2D eigenvalue weighted by Gasteiger charge is 2.38. The quantitative estimate of drug-likeness (QED) is 0.398. The maximum atomic E-state index is 13.8. The van der Waals surface area contributed by atoms with E-state index < -0.39 is 5.92 Å². The van der Waals surface area contributed by atoms with E-state index in [0.717, 1.165) is 41.1 Å². The number of halogens is 2. The molecule has 0 N–H and O–H groups in total. The van der Waals surface area contributed by atoms with E-state index in [1.165, 1.54) is 11.3 Å². The molecule has 9 heteroatoms. The number of amides is 2. The fourth-order valence-electron chi connectivity index (χ4n) is 4.24. The lowest BCUT2D eigenvalue weighted by atomic mass is 10.1. The van der Waals surface area contributed by atoms with Gasteiger partial charge in [0.05, 0.1) is 21.2 Å². The molecule has 2 heterocycles. The van der Waals surface area contributed by atoms with Crippen molar-refractivity contribution < 1.29 is 9.59 Å². The Balaban J connectivity index is 0.00000324. The Kier molecular flexibility index (Phi) is 8.93. The highest BCUT2D eigenvalue weighted by Crippen LogP contribution is 2.37. The zero-order chi connectivity index (χ0) is 23.5. The van der Waals surface area contributed by atoms with Crippen LogP contribution in [0.2, 0.25) is 5.02 Å². The first-order chi connectivity index (χ1) is 15.9. The van der Waals surface area contributed by atoms with Gasteiger partial charge in [0.1, 0.15) is 0 Å². The lowest BCUT2D eigenvalue weighted by Gasteiger charge is -2.26. The Hall–Kier alpha value is -2.19. The van der Waals surface area contributed by atoms with Crippen molar-refractivity contribution in [3.63, 3.8) is 0 Å². The number of hydrogen-bond donors (Lipinski definition) is 0. The van der Waals surface area contributed by atoms with E-state index in [9.17, 15) is 9.59 Å². The minimum Gasteiger partial charge on any atom is -0.312 e. The molecule has 2 amide bonds. The number of para-hydroxylation sites is 1. The summed E-state index contributed by atoms with van der Waals surface area (Å²) in [5.41, 5.74) is 2.69. The van der Waals surface area contributed by atoms with Gasteiger partial charge in [0.25, 0.3) is 0 Å². The number of carbonyl (C=O) groups is 2. The molecule has 4 rings (SSSR count). The van der Waals surface area contributed by atoms with Crippen LogP contribution in [-0.2, 0) is 9.59 Å². The van der Waals surface area contributed by atoms with Crippen molar-refractivity contribution in [2.45, 2.75) is 27.2 Å². The Bertz CT molecular complexity index is 1110. The van der Waals surface area contributed by atoms with Crippen LogP contribution in [0, 0.1) is 12.8 Å². The third kappa shape index (κ3) is 5.38. The molecule has 6 nitrogen and oxygen atoms in total. The number of hydrogen-bond acceptors (Lipinski definition) is 5. The average molecular weight is 522 g/mol. The number of rotatable bonds is 8. The van der Waals surface area contributed by atoms with Gasteiger partial charge in [0.15, 0.2) is 5.13 Å². The fraction of sp³-hybridized carbons (Fsp3) is 0.400. The summed E-state index contributed by atoms with van der Waals surface area (Å²) >= 11 is 7.88. The van der Waals surface area contributed by atoms with Crippen LogP contribution in [0.5, 0.6) is 0 Å². The van der Waals surface area contributed by atoms with E-state index >= 15 is 0 Å². The van der Waals surface area contributed by atoms with Crippen LogP contribution in [0.4, 0.5) is 10.8 Å². The summed E-state index contributed by atoms with van der Waals surface area (Å²) < 4.78 is 0.890. The molecule has 0 saturated carbocycles. The lowest BCUT2D eigenvalue weighted by molar-refractivity contribution is -0.124. The largest absolute Gasteiger partial charge is 0.312 e. The summed E-state index contributed by atoms with van der Waals surface area (Å²) in [4.78, 5) is 37.1. The van der Waals surface area contributed by atoms with E-state index in [4.69, 9.17) is 16.6 Å². The second-order valence-electron chi connectivity index (χ2n) is 8.30. The molecule has 1 aliphatic heterocycles. The molecule has 1 aliphatic rings. The number of benzene rings is 2. The van der Waals surface area contributed by atoms with Gasteiger partial charge in [-0.15, -0.1) is 12.4 Å². The predicted molar refractivity (Wildman–Crippen MR) is 144 cm³/mol. The van der Waals surface area contributed by atoms with Gasteiger partial charge in [-0.3, -0.25) is 14.5 Å². The number of aromatic nitrogens is 1. The average Bonchev–Trinajstić information content (AvgIpc) is 3.45. The van der Waals surface area contributed by atoms with Gasteiger partial charge in [0, 0.05) is 31.7 Å². The zero-order valence-electron chi connectivity index (χ0n) is 19.7. The first kappa shape index (κ1) is 26.4. The molecule has 0 spiro atoms. The van der Waals surface area contributed by atoms with Crippen LogP contribution in [0.1, 0.15) is 25.8 Å². The number of carbonyl (C=O) groups excluding carboxylic acids is 2. The molecule has 2 aromatic carbocycles. The molecular weight excluding hydrogens is 491 g/mol. The Morgan fingerprint density at radius 3 is 2.50 bits per heavy atom. The van der Waals surface area contributed by atoms with Crippen molar-refractivity contribution in [2.24, 2.45) is 5.92 Å². The van der Waals surface area contributed by atoms with Crippen LogP contribution < -0.4 is 9.80 Å². The van der Waals surface area contributed by atoms with Crippen LogP contribution in [0.15, 0.2) is 42.5 Å². The molecule has 3 aromatic rings. The van der Waals surface area contributed by atoms with Crippen LogP contribution in [0.3, 0.4) is 0 Å². The molecule has 1 aromatic heterocycles. The molecule has 1 unspecified atom stereocenters. The standard InChI is InChI=1S/C25H29ClN4O2S.ClH/c1-4-28(5-2)13-14-29(25-27-22-17(3)11-12-20(26)23(22)33-25)24(32)18-15-21(31)30(16-18)19-9-7-6-8-10-19;/h6-12,18H,4-5,13-16H2,1-3H3;1H. The van der Waals surface area contributed by atoms with Gasteiger partial charge < -0.3 is 9.80 Å². The lowest BCUT2D eigenvalue weighted by Crippen LogP contribution is -2.42. The topological polar surface area (TPSA) is 56.8 Å². The second kappa shape index (κ2) is 11.5. The monoisotopic (exact) mass is 520 g/mol. The summed E-state index contributed by atoms with van der Waals surface area (Å²) in [6.07, 6.45) is 0.209. The van der Waals surface area contributed by atoms with Crippen molar-refractivity contribution in [2.75, 3.05) is 42.5 Å². The minimum atomic E-state index is -0.405. The first-order valence-corrected chi connectivity index (χ1v) is 12.6. The molecule has 0 aliphatic carbocycles. The Morgan fingerprint density at radius 2 is 1.85 bits per heavy atom. The minimum absolute atomic E-state index is 0. The number of fused-ring (bicyclic) bond motifs is 1. The molecular formula is C25H30Cl2N4O2S. The zero-order valence-corrected chi connectivity index (χ0v) is 22.1. The van der Waals surface area contributed by atoms with Gasteiger partial charge in [-0.1, -0.05) is 61.1 Å². The van der Waals surface area contributed by atoms with Gasteiger partial charge >= 0.3 is 0 Å². The van der Waals surface area contributed by atoms with Crippen molar-refractivity contribution >= 4 is 68.2 Å². The summed E-state index contributed by atoms with van der Waals surface area (Å²) in [6, 6.07) is 13.4. The highest BCUT2D eigenvalue weighted by molar-refractivity contribution is 7.23. The van der Waals surface area contributed by atoms with Crippen LogP contribution in [0.25, 0.3) is 10.2 Å². The first-order valence-electron chi connectivity index (χ1n) is 11.4. The van der Waals surface area contributed by atoms with E-state index in [0.29, 0.717) is 23.2 Å². The summed E-state index contributed by atoms with van der Waals surface area (Å²) in [5.74, 6) is -0.480. The molecule has 0 bridgehead atoms. The molecule has 182 valence electrons. The molecule has 0 radical (unpaired) electrons. The van der Waals surface area contributed by atoms with E-state index in [1.54, 1.807) is 9.80 Å². The number of aryl methyl sites for hydroxylation is 1. The highest BCUT2D eigenvalue weighted by atomic mass is 35.5. The second-order valence-corrected chi connectivity index (χ2v) is 9.68. The Labute approximate surface area is 215 Å². The van der Waals surface area contributed by atoms with Gasteiger partial charge in [-0.05, 0) is 43.8 Å². The van der Waals surface area contributed by atoms with Crippen molar-refractivity contribution in [1.82, 2.24) is 9.88 Å². The maximum absolute atomic E-state index is 13.8. The smallest absolute Gasteiger partial charge is 0.234 e. The normalized spacial score (nSPS) is 15.7. The number of likely N-dealkylation sites (N-methyl/N-ethyl adjacent to an activating group) is 1. The SMILES string of the molecule is CCN(CC)CCN(C(=O)C1CC(=O)N(c2ccccc2)C1)c1nc2c(C)ccc(Cl)c2s1.Cl. The molecule has 1 atom stereocenters. The number of thiazole rings is 1. The van der Waals surface area contributed by atoms with Crippen LogP contribution >= 0.6 is 35.3 Å². The van der Waals surface area contributed by atoms with E-state index in [-0.39, 0.29) is 30.6 Å². The van der Waals surface area contributed by atoms with Crippen LogP contribution in [-0.4, -0.2) is 54.4 Å². The van der Waals surface area contributed by atoms with Crippen molar-refractivity contribution in [3.05, 3.63) is 53.1 Å². The predicted octanol–water partition coefficient (Wildman–Crippen LogP) is 5.41. The van der Waals surface area contributed by atoms with Gasteiger partial charge in [0.2, 0.25) is 11.8 Å². The number of anilines is 2. The number of nitrogens with zero attached hydrogens (tertiary/aromatic N) is 4. The summed E-state index contributed by atoms with van der Waals surface area (Å²) in [6.45, 7) is 9.69. The summed E-state index contributed by atoms with van der Waals surface area (Å²) in [7, 11) is 0. The van der Waals surface area contributed by atoms with Crippen molar-refractivity contribution in [1.29, 1.82) is 0 Å². The fourth-order valence-corrected chi connectivity index (χ4v) is 5.59. The van der Waals surface area contributed by atoms with E-state index in [1.807, 2.05) is 49.4 Å². The Morgan fingerprint density at radius 1 is 1.15 bits per heavy atom. The van der Waals surface area contributed by atoms with E-state index in [2.05, 4.69) is 18.7 Å². The molecule has 34 heavy (non-hydrogen) atoms. The third-order valence-corrected chi connectivity index (χ3v) is 7.80. The summed E-state index contributed by atoms with van der Waals surface area (Å²) in [5, 5.41) is 1.28. The van der Waals surface area contributed by atoms with Crippen molar-refractivity contribution in [3.8, 4) is 0 Å².